The number of para-hydroxylation sites is 3. The van der Waals surface area contributed by atoms with Crippen LogP contribution in [0.3, 0.4) is 0 Å². The predicted octanol–water partition coefficient (Wildman–Crippen LogP) is 13.4. The first-order valence-electron chi connectivity index (χ1n) is 16.6. The summed E-state index contributed by atoms with van der Waals surface area (Å²) in [6.07, 6.45) is 0. The Bertz CT molecular complexity index is 2860. The smallest absolute Gasteiger partial charge is 0.137 e. The van der Waals surface area contributed by atoms with Gasteiger partial charge in [-0.3, -0.25) is 0 Å². The van der Waals surface area contributed by atoms with Crippen LogP contribution in [0.4, 0.5) is 17.1 Å². The minimum Gasteiger partial charge on any atom is -0.456 e. The average molecular weight is 628 g/mol. The third kappa shape index (κ3) is 4.59. The summed E-state index contributed by atoms with van der Waals surface area (Å²) in [5.41, 5.74) is 11.2. The van der Waals surface area contributed by atoms with Gasteiger partial charge < -0.3 is 13.7 Å². The van der Waals surface area contributed by atoms with Crippen LogP contribution in [0.5, 0.6) is 0 Å². The van der Waals surface area contributed by atoms with Crippen molar-refractivity contribution in [3.8, 4) is 22.3 Å². The van der Waals surface area contributed by atoms with Gasteiger partial charge in [0.1, 0.15) is 22.3 Å². The molecule has 3 heteroatoms. The van der Waals surface area contributed by atoms with Gasteiger partial charge in [0.15, 0.2) is 0 Å². The van der Waals surface area contributed by atoms with E-state index in [0.29, 0.717) is 0 Å². The Balaban J connectivity index is 1.17. The predicted molar refractivity (Wildman–Crippen MR) is 204 cm³/mol. The van der Waals surface area contributed by atoms with Crippen LogP contribution in [0.15, 0.2) is 185 Å². The number of rotatable bonds is 5. The number of hydrogen-bond acceptors (Lipinski definition) is 3. The molecule has 2 aromatic heterocycles. The monoisotopic (exact) mass is 627 g/mol. The molecule has 0 spiro atoms. The summed E-state index contributed by atoms with van der Waals surface area (Å²) in [5, 5.41) is 6.93. The molecule has 0 saturated heterocycles. The molecular weight excluding hydrogens is 599 g/mol. The summed E-state index contributed by atoms with van der Waals surface area (Å²) >= 11 is 0. The zero-order valence-electron chi connectivity index (χ0n) is 26.5. The maximum atomic E-state index is 6.40. The molecule has 0 N–H and O–H groups in total. The van der Waals surface area contributed by atoms with Gasteiger partial charge in [-0.2, -0.15) is 0 Å². The van der Waals surface area contributed by atoms with Gasteiger partial charge in [-0.05, 0) is 88.1 Å². The Morgan fingerprint density at radius 2 is 0.918 bits per heavy atom. The zero-order valence-corrected chi connectivity index (χ0v) is 26.5. The van der Waals surface area contributed by atoms with Crippen LogP contribution in [0.25, 0.3) is 76.9 Å². The van der Waals surface area contributed by atoms with Crippen LogP contribution in [0.2, 0.25) is 0 Å². The van der Waals surface area contributed by atoms with Gasteiger partial charge in [-0.25, -0.2) is 0 Å². The molecule has 3 nitrogen and oxygen atoms in total. The number of hydrogen-bond donors (Lipinski definition) is 0. The quantitative estimate of drug-likeness (QED) is 0.190. The van der Waals surface area contributed by atoms with E-state index in [2.05, 4.69) is 157 Å². The molecule has 10 rings (SSSR count). The molecule has 0 amide bonds. The van der Waals surface area contributed by atoms with E-state index < -0.39 is 0 Å². The highest BCUT2D eigenvalue weighted by Crippen LogP contribution is 2.44. The molecule has 230 valence electrons. The minimum atomic E-state index is 0.857. The first kappa shape index (κ1) is 27.5. The van der Waals surface area contributed by atoms with Crippen molar-refractivity contribution in [2.24, 2.45) is 0 Å². The van der Waals surface area contributed by atoms with Gasteiger partial charge in [0.2, 0.25) is 0 Å². The number of anilines is 3. The van der Waals surface area contributed by atoms with Crippen LogP contribution in [0, 0.1) is 0 Å². The van der Waals surface area contributed by atoms with Crippen LogP contribution >= 0.6 is 0 Å². The maximum absolute atomic E-state index is 6.40. The van der Waals surface area contributed by atoms with E-state index >= 15 is 0 Å². The van der Waals surface area contributed by atoms with Crippen LogP contribution < -0.4 is 4.90 Å². The fraction of sp³-hybridized carbons (Fsp3) is 0. The van der Waals surface area contributed by atoms with Gasteiger partial charge >= 0.3 is 0 Å². The molecule has 0 aliphatic rings. The van der Waals surface area contributed by atoms with Gasteiger partial charge in [-0.15, -0.1) is 0 Å². The van der Waals surface area contributed by atoms with Crippen molar-refractivity contribution < 1.29 is 8.83 Å². The maximum Gasteiger partial charge on any atom is 0.137 e. The second-order valence-electron chi connectivity index (χ2n) is 12.6. The lowest BCUT2D eigenvalue weighted by Crippen LogP contribution is -2.11. The van der Waals surface area contributed by atoms with Gasteiger partial charge in [0.05, 0.1) is 5.69 Å². The fourth-order valence-corrected chi connectivity index (χ4v) is 7.28. The Morgan fingerprint density at radius 1 is 0.327 bits per heavy atom. The molecule has 0 atom stereocenters. The second kappa shape index (κ2) is 11.0. The Kier molecular flexibility index (Phi) is 6.18. The van der Waals surface area contributed by atoms with E-state index in [4.69, 9.17) is 8.83 Å². The Hall–Kier alpha value is -6.58. The van der Waals surface area contributed by atoms with E-state index in [1.807, 2.05) is 24.3 Å². The molecule has 0 aliphatic heterocycles. The van der Waals surface area contributed by atoms with Crippen molar-refractivity contribution in [2.75, 3.05) is 4.90 Å². The molecule has 0 unspecified atom stereocenters. The molecule has 0 fully saturated rings. The van der Waals surface area contributed by atoms with E-state index in [9.17, 15) is 0 Å². The minimum absolute atomic E-state index is 0.857. The first-order chi connectivity index (χ1) is 24.3. The lowest BCUT2D eigenvalue weighted by Gasteiger charge is -2.28. The fourth-order valence-electron chi connectivity index (χ4n) is 7.28. The highest BCUT2D eigenvalue weighted by Gasteiger charge is 2.20. The molecule has 0 saturated carbocycles. The van der Waals surface area contributed by atoms with Crippen molar-refractivity contribution in [3.63, 3.8) is 0 Å². The summed E-state index contributed by atoms with van der Waals surface area (Å²) in [4.78, 5) is 2.34. The standard InChI is InChI=1S/C46H29NO2/c1-2-11-31-26-33(21-20-30(31)10-1)32-12-9-13-35(27-32)47(36-23-25-41-39-16-5-8-19-44(39)49-46(41)29-36)42-17-6-3-14-37(42)34-22-24-40-38-15-4-7-18-43(38)48-45(40)28-34/h1-29H. The summed E-state index contributed by atoms with van der Waals surface area (Å²) in [5.74, 6) is 0. The second-order valence-corrected chi connectivity index (χ2v) is 12.6. The summed E-state index contributed by atoms with van der Waals surface area (Å²) < 4.78 is 12.7. The zero-order chi connectivity index (χ0) is 32.3. The Labute approximate surface area is 282 Å². The summed E-state index contributed by atoms with van der Waals surface area (Å²) in [6.45, 7) is 0. The van der Waals surface area contributed by atoms with E-state index in [0.717, 1.165) is 77.6 Å². The lowest BCUT2D eigenvalue weighted by molar-refractivity contribution is 0.668. The Morgan fingerprint density at radius 3 is 1.73 bits per heavy atom. The topological polar surface area (TPSA) is 29.5 Å². The average Bonchev–Trinajstić information content (AvgIpc) is 3.73. The van der Waals surface area contributed by atoms with E-state index in [1.54, 1.807) is 0 Å². The van der Waals surface area contributed by atoms with Crippen LogP contribution in [-0.2, 0) is 0 Å². The van der Waals surface area contributed by atoms with E-state index in [1.165, 1.54) is 16.3 Å². The van der Waals surface area contributed by atoms with Crippen molar-refractivity contribution in [1.82, 2.24) is 0 Å². The SMILES string of the molecule is c1cc(-c2ccc3ccccc3c2)cc(N(c2ccc3c(c2)oc2ccccc23)c2ccccc2-c2ccc3c(c2)oc2ccccc23)c1. The number of nitrogens with zero attached hydrogens (tertiary/aromatic N) is 1. The van der Waals surface area contributed by atoms with Crippen molar-refractivity contribution >= 4 is 71.7 Å². The van der Waals surface area contributed by atoms with Gasteiger partial charge in [0, 0.05) is 44.5 Å². The third-order valence-corrected chi connectivity index (χ3v) is 9.64. The van der Waals surface area contributed by atoms with Crippen LogP contribution in [-0.4, -0.2) is 0 Å². The molecule has 0 aliphatic carbocycles. The number of benzene rings is 8. The van der Waals surface area contributed by atoms with Crippen LogP contribution in [0.1, 0.15) is 0 Å². The normalized spacial score (nSPS) is 11.7. The summed E-state index contributed by atoms with van der Waals surface area (Å²) in [7, 11) is 0. The molecule has 0 radical (unpaired) electrons. The highest BCUT2D eigenvalue weighted by molar-refractivity contribution is 6.08. The van der Waals surface area contributed by atoms with Crippen molar-refractivity contribution in [1.29, 1.82) is 0 Å². The highest BCUT2D eigenvalue weighted by atomic mass is 16.3. The largest absolute Gasteiger partial charge is 0.456 e. The molecule has 8 aromatic carbocycles. The van der Waals surface area contributed by atoms with Crippen molar-refractivity contribution in [3.05, 3.63) is 176 Å². The molecule has 10 aromatic rings. The molecular formula is C46H29NO2. The summed E-state index contributed by atoms with van der Waals surface area (Å²) in [6, 6.07) is 62.2. The van der Waals surface area contributed by atoms with E-state index in [-0.39, 0.29) is 0 Å². The first-order valence-corrected chi connectivity index (χ1v) is 16.6. The van der Waals surface area contributed by atoms with Gasteiger partial charge in [-0.1, -0.05) is 109 Å². The lowest BCUT2D eigenvalue weighted by atomic mass is 9.98. The van der Waals surface area contributed by atoms with Crippen molar-refractivity contribution in [2.45, 2.75) is 0 Å². The number of fused-ring (bicyclic) bond motifs is 7. The molecule has 0 bridgehead atoms. The third-order valence-electron chi connectivity index (χ3n) is 9.64. The molecule has 2 heterocycles. The molecule has 49 heavy (non-hydrogen) atoms. The van der Waals surface area contributed by atoms with Gasteiger partial charge in [0.25, 0.3) is 0 Å². The number of furan rings is 2.